The lowest BCUT2D eigenvalue weighted by Crippen LogP contribution is -1.81. The molecule has 0 aliphatic carbocycles. The van der Waals surface area contributed by atoms with Gasteiger partial charge in [-0.1, -0.05) is 0 Å². The summed E-state index contributed by atoms with van der Waals surface area (Å²) in [5.74, 6) is 0. The first kappa shape index (κ1) is 9.85. The van der Waals surface area contributed by atoms with Gasteiger partial charge in [-0.2, -0.15) is 0 Å². The van der Waals surface area contributed by atoms with E-state index in [9.17, 15) is 4.79 Å². The molecule has 1 nitrogen and oxygen atoms in total. The van der Waals surface area contributed by atoms with Crippen LogP contribution in [0.25, 0.3) is 10.1 Å². The molecule has 0 N–H and O–H groups in total. The Kier molecular flexibility index (Phi) is 2.89. The van der Waals surface area contributed by atoms with Crippen molar-refractivity contribution in [1.82, 2.24) is 0 Å². The van der Waals surface area contributed by atoms with Crippen LogP contribution in [0.3, 0.4) is 0 Å². The number of thiophene rings is 1. The number of aldehydes is 1. The van der Waals surface area contributed by atoms with E-state index in [2.05, 4.69) is 50.6 Å². The van der Waals surface area contributed by atoms with E-state index in [4.69, 9.17) is 0 Å². The fraction of sp³-hybridized carbons (Fsp3) is 0. The van der Waals surface area contributed by atoms with Gasteiger partial charge in [-0.25, -0.2) is 0 Å². The number of fused-ring (bicyclic) bond motifs is 1. The van der Waals surface area contributed by atoms with Gasteiger partial charge in [-0.15, -0.1) is 11.3 Å². The molecule has 0 saturated heterocycles. The maximum absolute atomic E-state index is 10.6. The van der Waals surface area contributed by atoms with Crippen LogP contribution in [0.4, 0.5) is 0 Å². The van der Waals surface area contributed by atoms with Crippen molar-refractivity contribution >= 4 is 72.9 Å². The van der Waals surface area contributed by atoms with Crippen molar-refractivity contribution in [2.24, 2.45) is 0 Å². The highest BCUT2D eigenvalue weighted by atomic mass is 127. The van der Waals surface area contributed by atoms with E-state index in [1.807, 2.05) is 12.1 Å². The minimum Gasteiger partial charge on any atom is -0.298 e. The number of rotatable bonds is 1. The molecular formula is C9H4I2OS. The second-order valence-electron chi connectivity index (χ2n) is 2.58. The molecule has 2 aromatic rings. The molecule has 1 aromatic carbocycles. The van der Waals surface area contributed by atoms with E-state index in [0.717, 1.165) is 15.4 Å². The van der Waals surface area contributed by atoms with Gasteiger partial charge >= 0.3 is 0 Å². The number of halogens is 2. The standard InChI is InChI=1S/C9H4I2OS/c10-7-2-5(3-12)1-6-8(11)4-13-9(6)7/h1-4H. The quantitative estimate of drug-likeness (QED) is 0.511. The van der Waals surface area contributed by atoms with Crippen LogP contribution < -0.4 is 0 Å². The average Bonchev–Trinajstić information content (AvgIpc) is 2.48. The zero-order valence-electron chi connectivity index (χ0n) is 6.38. The lowest BCUT2D eigenvalue weighted by atomic mass is 10.2. The van der Waals surface area contributed by atoms with Crippen LogP contribution in [0.1, 0.15) is 10.4 Å². The Morgan fingerprint density at radius 1 is 1.23 bits per heavy atom. The molecule has 1 aromatic heterocycles. The molecule has 0 bridgehead atoms. The SMILES string of the molecule is O=Cc1cc(I)c2scc(I)c2c1. The van der Waals surface area contributed by atoms with Gasteiger partial charge in [0, 0.05) is 28.2 Å². The van der Waals surface area contributed by atoms with Crippen molar-refractivity contribution in [2.75, 3.05) is 0 Å². The molecule has 0 aliphatic rings. The lowest BCUT2D eigenvalue weighted by Gasteiger charge is -1.96. The summed E-state index contributed by atoms with van der Waals surface area (Å²) in [5.41, 5.74) is 0.758. The first-order valence-electron chi connectivity index (χ1n) is 3.54. The number of hydrogen-bond donors (Lipinski definition) is 0. The fourth-order valence-electron chi connectivity index (χ4n) is 1.15. The molecule has 2 rings (SSSR count). The van der Waals surface area contributed by atoms with E-state index in [-0.39, 0.29) is 0 Å². The average molecular weight is 414 g/mol. The molecule has 0 aliphatic heterocycles. The van der Waals surface area contributed by atoms with Crippen molar-refractivity contribution < 1.29 is 4.79 Å². The summed E-state index contributed by atoms with van der Waals surface area (Å²) in [5, 5.41) is 3.31. The smallest absolute Gasteiger partial charge is 0.150 e. The van der Waals surface area contributed by atoms with Gasteiger partial charge in [0.2, 0.25) is 0 Å². The molecule has 0 spiro atoms. The van der Waals surface area contributed by atoms with Crippen molar-refractivity contribution in [3.63, 3.8) is 0 Å². The Morgan fingerprint density at radius 2 is 2.00 bits per heavy atom. The van der Waals surface area contributed by atoms with Crippen molar-refractivity contribution in [3.8, 4) is 0 Å². The maximum atomic E-state index is 10.6. The molecule has 0 unspecified atom stereocenters. The summed E-state index contributed by atoms with van der Waals surface area (Å²) >= 11 is 6.29. The first-order chi connectivity index (χ1) is 6.22. The minimum atomic E-state index is 0.758. The monoisotopic (exact) mass is 414 g/mol. The van der Waals surface area contributed by atoms with Crippen LogP contribution in [-0.4, -0.2) is 6.29 Å². The van der Waals surface area contributed by atoms with E-state index in [0.29, 0.717) is 0 Å². The maximum Gasteiger partial charge on any atom is 0.150 e. The van der Waals surface area contributed by atoms with Crippen LogP contribution in [0, 0.1) is 7.14 Å². The predicted molar refractivity (Wildman–Crippen MR) is 72.6 cm³/mol. The van der Waals surface area contributed by atoms with Gasteiger partial charge in [0.25, 0.3) is 0 Å². The van der Waals surface area contributed by atoms with E-state index in [1.165, 1.54) is 13.7 Å². The third kappa shape index (κ3) is 1.75. The number of hydrogen-bond acceptors (Lipinski definition) is 2. The number of benzene rings is 1. The predicted octanol–water partition coefficient (Wildman–Crippen LogP) is 3.92. The first-order valence-corrected chi connectivity index (χ1v) is 6.57. The topological polar surface area (TPSA) is 17.1 Å². The van der Waals surface area contributed by atoms with Crippen LogP contribution in [0.5, 0.6) is 0 Å². The molecule has 0 fully saturated rings. The van der Waals surface area contributed by atoms with Crippen molar-refractivity contribution in [3.05, 3.63) is 30.2 Å². The molecule has 1 heterocycles. The van der Waals surface area contributed by atoms with Gasteiger partial charge < -0.3 is 0 Å². The zero-order chi connectivity index (χ0) is 9.42. The summed E-state index contributed by atoms with van der Waals surface area (Å²) in [4.78, 5) is 10.6. The number of carbonyl (C=O) groups is 1. The van der Waals surface area contributed by atoms with E-state index < -0.39 is 0 Å². The summed E-state index contributed by atoms with van der Waals surface area (Å²) in [6.45, 7) is 0. The van der Waals surface area contributed by atoms with Crippen LogP contribution in [0.15, 0.2) is 17.5 Å². The van der Waals surface area contributed by atoms with Gasteiger partial charge in [-0.05, 0) is 57.3 Å². The molecule has 13 heavy (non-hydrogen) atoms. The third-order valence-electron chi connectivity index (χ3n) is 1.74. The Bertz CT molecular complexity index is 476. The number of carbonyl (C=O) groups excluding carboxylic acids is 1. The fourth-order valence-corrected chi connectivity index (χ4v) is 3.99. The molecule has 66 valence electrons. The molecule has 0 atom stereocenters. The summed E-state index contributed by atoms with van der Waals surface area (Å²) in [6, 6.07) is 3.87. The normalized spacial score (nSPS) is 10.6. The molecule has 0 amide bonds. The van der Waals surface area contributed by atoms with Gasteiger partial charge in [0.15, 0.2) is 0 Å². The highest BCUT2D eigenvalue weighted by Crippen LogP contribution is 2.31. The Morgan fingerprint density at radius 3 is 2.69 bits per heavy atom. The van der Waals surface area contributed by atoms with Crippen LogP contribution >= 0.6 is 56.5 Å². The zero-order valence-corrected chi connectivity index (χ0v) is 11.5. The van der Waals surface area contributed by atoms with E-state index >= 15 is 0 Å². The largest absolute Gasteiger partial charge is 0.298 e. The van der Waals surface area contributed by atoms with Gasteiger partial charge in [0.1, 0.15) is 6.29 Å². The van der Waals surface area contributed by atoms with Gasteiger partial charge in [0.05, 0.1) is 0 Å². The van der Waals surface area contributed by atoms with E-state index in [1.54, 1.807) is 11.3 Å². The van der Waals surface area contributed by atoms with Crippen molar-refractivity contribution in [1.29, 1.82) is 0 Å². The lowest BCUT2D eigenvalue weighted by molar-refractivity contribution is 0.112. The minimum absolute atomic E-state index is 0.758. The summed E-state index contributed by atoms with van der Waals surface area (Å²) < 4.78 is 3.65. The second kappa shape index (κ2) is 3.82. The highest BCUT2D eigenvalue weighted by molar-refractivity contribution is 14.1. The Balaban J connectivity index is 2.87. The van der Waals surface area contributed by atoms with Crippen molar-refractivity contribution in [2.45, 2.75) is 0 Å². The van der Waals surface area contributed by atoms with Crippen LogP contribution in [0.2, 0.25) is 0 Å². The van der Waals surface area contributed by atoms with Gasteiger partial charge in [-0.3, -0.25) is 4.79 Å². The molecule has 4 heteroatoms. The summed E-state index contributed by atoms with van der Waals surface area (Å²) in [6.07, 6.45) is 0.898. The Labute approximate surface area is 107 Å². The Hall–Kier alpha value is 0.310. The molecule has 0 saturated carbocycles. The molecule has 0 radical (unpaired) electrons. The van der Waals surface area contributed by atoms with Crippen LogP contribution in [-0.2, 0) is 0 Å². The molecular weight excluding hydrogens is 410 g/mol. The highest BCUT2D eigenvalue weighted by Gasteiger charge is 2.06. The summed E-state index contributed by atoms with van der Waals surface area (Å²) in [7, 11) is 0. The second-order valence-corrected chi connectivity index (χ2v) is 5.78. The third-order valence-corrected chi connectivity index (χ3v) is 5.30.